The Labute approximate surface area is 131 Å². The summed E-state index contributed by atoms with van der Waals surface area (Å²) < 4.78 is 0. The van der Waals surface area contributed by atoms with Crippen LogP contribution in [0.5, 0.6) is 0 Å². The van der Waals surface area contributed by atoms with E-state index in [0.29, 0.717) is 10.6 Å². The largest absolute Gasteiger partial charge is 0.271 e. The Morgan fingerprint density at radius 3 is 2.52 bits per heavy atom. The van der Waals surface area contributed by atoms with Crippen molar-refractivity contribution in [3.8, 4) is 0 Å². The summed E-state index contributed by atoms with van der Waals surface area (Å²) in [6.07, 6.45) is 7.72. The number of allylic oxidation sites excluding steroid dienone is 4. The number of hydrogen-bond donors (Lipinski definition) is 1. The first-order valence-corrected chi connectivity index (χ1v) is 7.25. The molecule has 0 saturated heterocycles. The molecule has 0 radical (unpaired) electrons. The van der Waals surface area contributed by atoms with Crippen molar-refractivity contribution >= 4 is 23.7 Å². The summed E-state index contributed by atoms with van der Waals surface area (Å²) in [5, 5.41) is 4.51. The molecule has 3 nitrogen and oxygen atoms in total. The summed E-state index contributed by atoms with van der Waals surface area (Å²) in [6.45, 7) is 6.23. The lowest BCUT2D eigenvalue weighted by Crippen LogP contribution is -2.17. The van der Waals surface area contributed by atoms with Gasteiger partial charge in [-0.1, -0.05) is 28.8 Å². The van der Waals surface area contributed by atoms with Crippen molar-refractivity contribution in [1.82, 2.24) is 5.43 Å². The third kappa shape index (κ3) is 7.47. The van der Waals surface area contributed by atoms with Gasteiger partial charge in [-0.05, 0) is 64.0 Å². The van der Waals surface area contributed by atoms with Gasteiger partial charge < -0.3 is 0 Å². The molecule has 1 amide bonds. The molecular weight excluding hydrogens is 284 g/mol. The van der Waals surface area contributed by atoms with E-state index in [1.54, 1.807) is 30.5 Å². The molecule has 112 valence electrons. The molecule has 0 aliphatic rings. The zero-order valence-electron chi connectivity index (χ0n) is 12.7. The second-order valence-corrected chi connectivity index (χ2v) is 5.50. The number of carbonyl (C=O) groups excluding carboxylic acids is 1. The molecule has 0 unspecified atom stereocenters. The highest BCUT2D eigenvalue weighted by atomic mass is 35.5. The average molecular weight is 305 g/mol. The van der Waals surface area contributed by atoms with E-state index in [1.165, 1.54) is 11.1 Å². The van der Waals surface area contributed by atoms with Crippen LogP contribution in [0.4, 0.5) is 0 Å². The SMILES string of the molecule is CC(C)=CCC/C(C)=C\C=NNC(=O)c1ccc(Cl)cc1. The van der Waals surface area contributed by atoms with Crippen LogP contribution in [-0.4, -0.2) is 12.1 Å². The van der Waals surface area contributed by atoms with Gasteiger partial charge in [0, 0.05) is 16.8 Å². The normalized spacial score (nSPS) is 11.5. The molecule has 0 aliphatic heterocycles. The standard InChI is InChI=1S/C17H21ClN2O/c1-13(2)5-4-6-14(3)11-12-19-20-17(21)15-7-9-16(18)10-8-15/h5,7-12H,4,6H2,1-3H3,(H,20,21)/b14-11-,19-12?. The summed E-state index contributed by atoms with van der Waals surface area (Å²) in [4.78, 5) is 11.8. The summed E-state index contributed by atoms with van der Waals surface area (Å²) >= 11 is 5.77. The number of hydrazone groups is 1. The van der Waals surface area contributed by atoms with Crippen molar-refractivity contribution in [2.24, 2.45) is 5.10 Å². The van der Waals surface area contributed by atoms with Crippen molar-refractivity contribution in [1.29, 1.82) is 0 Å². The number of nitrogens with zero attached hydrogens (tertiary/aromatic N) is 1. The molecule has 0 heterocycles. The molecule has 21 heavy (non-hydrogen) atoms. The molecule has 0 saturated carbocycles. The van der Waals surface area contributed by atoms with Gasteiger partial charge >= 0.3 is 0 Å². The average Bonchev–Trinajstić information content (AvgIpc) is 2.43. The van der Waals surface area contributed by atoms with Gasteiger partial charge in [-0.3, -0.25) is 4.79 Å². The van der Waals surface area contributed by atoms with Crippen LogP contribution in [-0.2, 0) is 0 Å². The van der Waals surface area contributed by atoms with Crippen LogP contribution in [0.3, 0.4) is 0 Å². The highest BCUT2D eigenvalue weighted by molar-refractivity contribution is 6.30. The maximum atomic E-state index is 11.8. The number of amides is 1. The first-order valence-electron chi connectivity index (χ1n) is 6.87. The zero-order chi connectivity index (χ0) is 15.7. The Morgan fingerprint density at radius 2 is 1.90 bits per heavy atom. The van der Waals surface area contributed by atoms with Crippen LogP contribution in [0, 0.1) is 0 Å². The third-order valence-corrected chi connectivity index (χ3v) is 3.05. The highest BCUT2D eigenvalue weighted by Gasteiger charge is 2.02. The summed E-state index contributed by atoms with van der Waals surface area (Å²) in [5.41, 5.74) is 5.55. The Hall–Kier alpha value is -1.87. The molecule has 1 aromatic carbocycles. The van der Waals surface area contributed by atoms with Gasteiger partial charge in [0.25, 0.3) is 5.91 Å². The van der Waals surface area contributed by atoms with E-state index >= 15 is 0 Å². The topological polar surface area (TPSA) is 41.5 Å². The smallest absolute Gasteiger partial charge is 0.267 e. The van der Waals surface area contributed by atoms with Gasteiger partial charge in [0.15, 0.2) is 0 Å². The Morgan fingerprint density at radius 1 is 1.24 bits per heavy atom. The number of hydrogen-bond acceptors (Lipinski definition) is 2. The van der Waals surface area contributed by atoms with E-state index in [0.717, 1.165) is 12.8 Å². The second-order valence-electron chi connectivity index (χ2n) is 5.06. The maximum Gasteiger partial charge on any atom is 0.271 e. The molecule has 0 atom stereocenters. The van der Waals surface area contributed by atoms with E-state index < -0.39 is 0 Å². The number of carbonyl (C=O) groups is 1. The van der Waals surface area contributed by atoms with Crippen LogP contribution >= 0.6 is 11.6 Å². The van der Waals surface area contributed by atoms with Crippen molar-refractivity contribution < 1.29 is 4.79 Å². The maximum absolute atomic E-state index is 11.8. The number of nitrogens with one attached hydrogen (secondary N) is 1. The van der Waals surface area contributed by atoms with Gasteiger partial charge in [-0.2, -0.15) is 5.10 Å². The Bertz CT molecular complexity index is 553. The van der Waals surface area contributed by atoms with Crippen molar-refractivity contribution in [2.45, 2.75) is 33.6 Å². The summed E-state index contributed by atoms with van der Waals surface area (Å²) in [6, 6.07) is 6.67. The van der Waals surface area contributed by atoms with E-state index in [2.05, 4.69) is 30.5 Å². The molecule has 0 fully saturated rings. The van der Waals surface area contributed by atoms with Crippen LogP contribution in [0.15, 0.2) is 52.7 Å². The first-order chi connectivity index (χ1) is 9.99. The molecule has 4 heteroatoms. The molecule has 0 spiro atoms. The second kappa shape index (κ2) is 9.14. The lowest BCUT2D eigenvalue weighted by molar-refractivity contribution is 0.0955. The molecule has 0 aromatic heterocycles. The molecular formula is C17H21ClN2O. The quantitative estimate of drug-likeness (QED) is 0.460. The Kier molecular flexibility index (Phi) is 7.48. The summed E-state index contributed by atoms with van der Waals surface area (Å²) in [5.74, 6) is -0.251. The fourth-order valence-electron chi connectivity index (χ4n) is 1.60. The minimum Gasteiger partial charge on any atom is -0.267 e. The van der Waals surface area contributed by atoms with E-state index in [-0.39, 0.29) is 5.91 Å². The van der Waals surface area contributed by atoms with Crippen LogP contribution < -0.4 is 5.43 Å². The van der Waals surface area contributed by atoms with Crippen LogP contribution in [0.2, 0.25) is 5.02 Å². The number of halogens is 1. The number of benzene rings is 1. The van der Waals surface area contributed by atoms with Crippen molar-refractivity contribution in [3.63, 3.8) is 0 Å². The predicted molar refractivity (Wildman–Crippen MR) is 89.8 cm³/mol. The van der Waals surface area contributed by atoms with Gasteiger partial charge in [0.2, 0.25) is 0 Å². The highest BCUT2D eigenvalue weighted by Crippen LogP contribution is 2.09. The third-order valence-electron chi connectivity index (χ3n) is 2.80. The van der Waals surface area contributed by atoms with Crippen molar-refractivity contribution in [3.05, 3.63) is 58.1 Å². The van der Waals surface area contributed by atoms with Crippen LogP contribution in [0.25, 0.3) is 0 Å². The lowest BCUT2D eigenvalue weighted by atomic mass is 10.1. The lowest BCUT2D eigenvalue weighted by Gasteiger charge is -1.99. The van der Waals surface area contributed by atoms with Gasteiger partial charge in [0.05, 0.1) is 0 Å². The number of rotatable bonds is 6. The fourth-order valence-corrected chi connectivity index (χ4v) is 1.72. The van der Waals surface area contributed by atoms with Crippen molar-refractivity contribution in [2.75, 3.05) is 0 Å². The van der Waals surface area contributed by atoms with Gasteiger partial charge in [-0.25, -0.2) is 5.43 Å². The summed E-state index contributed by atoms with van der Waals surface area (Å²) in [7, 11) is 0. The molecule has 0 aliphatic carbocycles. The molecule has 1 aromatic rings. The minimum atomic E-state index is -0.251. The van der Waals surface area contributed by atoms with Gasteiger partial charge in [0.1, 0.15) is 0 Å². The molecule has 1 N–H and O–H groups in total. The van der Waals surface area contributed by atoms with E-state index in [4.69, 9.17) is 11.6 Å². The van der Waals surface area contributed by atoms with E-state index in [9.17, 15) is 4.79 Å². The molecule has 0 bridgehead atoms. The van der Waals surface area contributed by atoms with Gasteiger partial charge in [-0.15, -0.1) is 0 Å². The van der Waals surface area contributed by atoms with E-state index in [1.807, 2.05) is 13.0 Å². The monoisotopic (exact) mass is 304 g/mol. The molecule has 1 rings (SSSR count). The minimum absolute atomic E-state index is 0.251. The predicted octanol–water partition coefficient (Wildman–Crippen LogP) is 4.75. The van der Waals surface area contributed by atoms with Crippen LogP contribution in [0.1, 0.15) is 44.0 Å². The Balaban J connectivity index is 2.41. The first kappa shape index (κ1) is 17.2. The zero-order valence-corrected chi connectivity index (χ0v) is 13.4. The fraction of sp³-hybridized carbons (Fsp3) is 0.294.